The zero-order chi connectivity index (χ0) is 18.4. The number of nitrogens with zero attached hydrogens (tertiary/aromatic N) is 5. The summed E-state index contributed by atoms with van der Waals surface area (Å²) >= 11 is 1.09. The number of carbonyl (C=O) groups is 1. The van der Waals surface area contributed by atoms with Crippen LogP contribution in [0.2, 0.25) is 0 Å². The normalized spacial score (nSPS) is 10.8. The van der Waals surface area contributed by atoms with E-state index in [0.29, 0.717) is 21.2 Å². The Bertz CT molecular complexity index is 945. The van der Waals surface area contributed by atoms with E-state index in [1.807, 2.05) is 0 Å². The fourth-order valence-electron chi connectivity index (χ4n) is 1.92. The monoisotopic (exact) mass is 369 g/mol. The number of nitro groups is 1. The Balaban J connectivity index is 1.73. The van der Waals surface area contributed by atoms with Gasteiger partial charge in [0.25, 0.3) is 11.6 Å². The van der Waals surface area contributed by atoms with Crippen molar-refractivity contribution in [3.8, 4) is 0 Å². The maximum absolute atomic E-state index is 11.9. The number of aromatic amines is 1. The summed E-state index contributed by atoms with van der Waals surface area (Å²) < 4.78 is 0. The number of pyridine rings is 1. The number of H-pyrrole nitrogens is 1. The fraction of sp³-hybridized carbons (Fsp3) is 0. The van der Waals surface area contributed by atoms with Crippen LogP contribution in [0.25, 0.3) is 0 Å². The van der Waals surface area contributed by atoms with Gasteiger partial charge in [-0.15, -0.1) is 0 Å². The van der Waals surface area contributed by atoms with Crippen LogP contribution in [0.5, 0.6) is 0 Å². The Morgan fingerprint density at radius 3 is 2.81 bits per heavy atom. The molecule has 1 aromatic carbocycles. The van der Waals surface area contributed by atoms with Crippen molar-refractivity contribution in [1.82, 2.24) is 25.6 Å². The maximum Gasteiger partial charge on any atom is 0.283 e. The number of benzene rings is 1. The van der Waals surface area contributed by atoms with Gasteiger partial charge in [0, 0.05) is 29.6 Å². The summed E-state index contributed by atoms with van der Waals surface area (Å²) in [7, 11) is 0. The lowest BCUT2D eigenvalue weighted by atomic mass is 10.2. The Morgan fingerprint density at radius 1 is 1.31 bits per heavy atom. The first kappa shape index (κ1) is 17.2. The van der Waals surface area contributed by atoms with Gasteiger partial charge in [-0.05, 0) is 30.0 Å². The van der Waals surface area contributed by atoms with Crippen LogP contribution in [-0.2, 0) is 0 Å². The van der Waals surface area contributed by atoms with Crippen LogP contribution in [0.4, 0.5) is 5.69 Å². The minimum Gasteiger partial charge on any atom is -0.267 e. The lowest BCUT2D eigenvalue weighted by Gasteiger charge is -2.02. The van der Waals surface area contributed by atoms with Gasteiger partial charge in [-0.3, -0.25) is 25.0 Å². The molecule has 0 aliphatic heterocycles. The van der Waals surface area contributed by atoms with Crippen molar-refractivity contribution in [3.05, 3.63) is 70.3 Å². The highest BCUT2D eigenvalue weighted by Crippen LogP contribution is 2.33. The quantitative estimate of drug-likeness (QED) is 0.385. The number of rotatable bonds is 6. The van der Waals surface area contributed by atoms with Crippen molar-refractivity contribution < 1.29 is 9.72 Å². The summed E-state index contributed by atoms with van der Waals surface area (Å²) in [4.78, 5) is 30.8. The smallest absolute Gasteiger partial charge is 0.267 e. The van der Waals surface area contributed by atoms with E-state index < -0.39 is 10.8 Å². The molecule has 0 unspecified atom stereocenters. The third-order valence-corrected chi connectivity index (χ3v) is 4.06. The van der Waals surface area contributed by atoms with E-state index in [1.165, 1.54) is 31.0 Å². The molecule has 0 atom stereocenters. The summed E-state index contributed by atoms with van der Waals surface area (Å²) in [6.45, 7) is 0. The van der Waals surface area contributed by atoms with Crippen molar-refractivity contribution in [2.45, 2.75) is 10.1 Å². The topological polar surface area (TPSA) is 139 Å². The van der Waals surface area contributed by atoms with Gasteiger partial charge in [-0.2, -0.15) is 10.2 Å². The molecular weight excluding hydrogens is 358 g/mol. The van der Waals surface area contributed by atoms with Gasteiger partial charge in [0.1, 0.15) is 6.33 Å². The van der Waals surface area contributed by atoms with Gasteiger partial charge >= 0.3 is 0 Å². The molecule has 130 valence electrons. The summed E-state index contributed by atoms with van der Waals surface area (Å²) in [5.74, 6) is -0.407. The Hall–Kier alpha value is -3.60. The zero-order valence-electron chi connectivity index (χ0n) is 13.1. The van der Waals surface area contributed by atoms with Gasteiger partial charge in [0.15, 0.2) is 5.16 Å². The molecule has 2 N–H and O–H groups in total. The lowest BCUT2D eigenvalue weighted by molar-refractivity contribution is -0.387. The van der Waals surface area contributed by atoms with Crippen molar-refractivity contribution in [2.24, 2.45) is 5.10 Å². The summed E-state index contributed by atoms with van der Waals surface area (Å²) in [6.07, 6.45) is 5.63. The van der Waals surface area contributed by atoms with E-state index in [2.05, 4.69) is 30.7 Å². The highest BCUT2D eigenvalue weighted by molar-refractivity contribution is 7.99. The number of hydrogen-bond donors (Lipinski definition) is 2. The molecule has 3 rings (SSSR count). The molecule has 0 radical (unpaired) electrons. The molecule has 0 fully saturated rings. The first-order chi connectivity index (χ1) is 12.6. The Labute approximate surface area is 150 Å². The Kier molecular flexibility index (Phi) is 5.29. The molecule has 2 aromatic heterocycles. The zero-order valence-corrected chi connectivity index (χ0v) is 13.9. The summed E-state index contributed by atoms with van der Waals surface area (Å²) in [5, 5.41) is 21.9. The van der Waals surface area contributed by atoms with Crippen LogP contribution < -0.4 is 5.43 Å². The van der Waals surface area contributed by atoms with Gasteiger partial charge in [0.05, 0.1) is 16.0 Å². The molecule has 3 aromatic rings. The fourth-order valence-corrected chi connectivity index (χ4v) is 2.71. The van der Waals surface area contributed by atoms with Crippen LogP contribution in [0.15, 0.2) is 64.2 Å². The van der Waals surface area contributed by atoms with E-state index >= 15 is 0 Å². The van der Waals surface area contributed by atoms with Crippen molar-refractivity contribution in [2.75, 3.05) is 0 Å². The summed E-state index contributed by atoms with van der Waals surface area (Å²) in [6, 6.07) is 7.68. The molecule has 1 amide bonds. The minimum atomic E-state index is -0.494. The largest absolute Gasteiger partial charge is 0.283 e. The highest BCUT2D eigenvalue weighted by atomic mass is 32.2. The molecule has 0 bridgehead atoms. The molecule has 11 heteroatoms. The van der Waals surface area contributed by atoms with Gasteiger partial charge in [-0.25, -0.2) is 10.4 Å². The number of carbonyl (C=O) groups excluding carboxylic acids is 1. The number of aromatic nitrogens is 4. The van der Waals surface area contributed by atoms with Gasteiger partial charge in [-0.1, -0.05) is 6.07 Å². The van der Waals surface area contributed by atoms with Crippen LogP contribution in [0, 0.1) is 10.1 Å². The number of amides is 1. The Morgan fingerprint density at radius 2 is 2.12 bits per heavy atom. The van der Waals surface area contributed by atoms with Crippen molar-refractivity contribution in [1.29, 1.82) is 0 Å². The predicted molar refractivity (Wildman–Crippen MR) is 92.9 cm³/mol. The van der Waals surface area contributed by atoms with Crippen LogP contribution >= 0.6 is 11.8 Å². The average molecular weight is 369 g/mol. The van der Waals surface area contributed by atoms with E-state index in [1.54, 1.807) is 24.3 Å². The van der Waals surface area contributed by atoms with Crippen LogP contribution in [-0.4, -0.2) is 37.2 Å². The molecular formula is C15H11N7O3S. The van der Waals surface area contributed by atoms with E-state index in [-0.39, 0.29) is 5.69 Å². The van der Waals surface area contributed by atoms with Gasteiger partial charge in [0.2, 0.25) is 0 Å². The highest BCUT2D eigenvalue weighted by Gasteiger charge is 2.16. The summed E-state index contributed by atoms with van der Waals surface area (Å²) in [5.41, 5.74) is 3.12. The molecule has 0 saturated heterocycles. The van der Waals surface area contributed by atoms with Crippen molar-refractivity contribution >= 4 is 29.6 Å². The third-order valence-electron chi connectivity index (χ3n) is 3.10. The van der Waals surface area contributed by atoms with Crippen molar-refractivity contribution in [3.63, 3.8) is 0 Å². The molecule has 2 heterocycles. The van der Waals surface area contributed by atoms with E-state index in [9.17, 15) is 14.9 Å². The second kappa shape index (κ2) is 7.98. The SMILES string of the molecule is O=C(N/N=C/c1ccc(Sc2ncn[nH]2)c([N+](=O)[O-])c1)c1ccncc1. The number of hydrazone groups is 1. The number of nitro benzene ring substituents is 1. The first-order valence-corrected chi connectivity index (χ1v) is 8.00. The molecule has 0 aliphatic carbocycles. The molecule has 0 spiro atoms. The molecule has 0 aliphatic rings. The maximum atomic E-state index is 11.9. The molecule has 10 nitrogen and oxygen atoms in total. The second-order valence-corrected chi connectivity index (χ2v) is 5.84. The molecule has 0 saturated carbocycles. The minimum absolute atomic E-state index is 0.101. The second-order valence-electron chi connectivity index (χ2n) is 4.81. The first-order valence-electron chi connectivity index (χ1n) is 7.18. The standard InChI is InChI=1S/C15H11N7O3S/c23-14(11-3-5-16-6-4-11)20-18-8-10-1-2-13(12(7-10)22(24)25)26-15-17-9-19-21-15/h1-9H,(H,20,23)(H,17,19,21)/b18-8+. The molecule has 26 heavy (non-hydrogen) atoms. The predicted octanol–water partition coefficient (Wildman–Crippen LogP) is 2.02. The van der Waals surface area contributed by atoms with Crippen LogP contribution in [0.1, 0.15) is 15.9 Å². The lowest BCUT2D eigenvalue weighted by Crippen LogP contribution is -2.17. The van der Waals surface area contributed by atoms with Crippen LogP contribution in [0.3, 0.4) is 0 Å². The van der Waals surface area contributed by atoms with E-state index in [0.717, 1.165) is 11.8 Å². The average Bonchev–Trinajstić information content (AvgIpc) is 3.16. The van der Waals surface area contributed by atoms with E-state index in [4.69, 9.17) is 0 Å². The third kappa shape index (κ3) is 4.27. The number of nitrogens with one attached hydrogen (secondary N) is 2. The number of hydrogen-bond acceptors (Lipinski definition) is 8. The van der Waals surface area contributed by atoms with Gasteiger partial charge < -0.3 is 0 Å².